The molecule has 2 heterocycles. The zero-order valence-corrected chi connectivity index (χ0v) is 26.6. The summed E-state index contributed by atoms with van der Waals surface area (Å²) in [5.74, 6) is -1.45. The fourth-order valence-corrected chi connectivity index (χ4v) is 9.37. The number of pyridine rings is 1. The molecule has 1 saturated heterocycles. The summed E-state index contributed by atoms with van der Waals surface area (Å²) in [5.41, 5.74) is 4.85. The van der Waals surface area contributed by atoms with E-state index in [1.165, 1.54) is 10.6 Å². The molecule has 3 aliphatic rings. The molecule has 0 bridgehead atoms. The number of hydrogen-bond acceptors (Lipinski definition) is 8. The van der Waals surface area contributed by atoms with E-state index in [-0.39, 0.29) is 41.9 Å². The minimum atomic E-state index is -5.72. The number of halogens is 2. The van der Waals surface area contributed by atoms with E-state index in [2.05, 4.69) is 5.32 Å². The summed E-state index contributed by atoms with van der Waals surface area (Å²) in [4.78, 5) is 79.5. The van der Waals surface area contributed by atoms with Gasteiger partial charge in [-0.05, 0) is 43.9 Å². The van der Waals surface area contributed by atoms with Crippen LogP contribution in [0, 0.1) is 5.41 Å². The first-order valence-electron chi connectivity index (χ1n) is 14.2. The highest BCUT2D eigenvalue weighted by molar-refractivity contribution is 7.72. The first-order chi connectivity index (χ1) is 20.9. The van der Waals surface area contributed by atoms with Crippen LogP contribution in [-0.4, -0.2) is 78.2 Å². The lowest BCUT2D eigenvalue weighted by atomic mass is 10.0. The van der Waals surface area contributed by atoms with Crippen LogP contribution in [0.4, 0.5) is 14.9 Å². The van der Waals surface area contributed by atoms with Gasteiger partial charge in [0.15, 0.2) is 0 Å². The van der Waals surface area contributed by atoms with Crippen LogP contribution in [0.2, 0.25) is 5.02 Å². The number of rotatable bonds is 11. The molecule has 1 aromatic carbocycles. The van der Waals surface area contributed by atoms with Gasteiger partial charge >= 0.3 is 32.3 Å². The first-order valence-corrected chi connectivity index (χ1v) is 17.8. The number of carbonyl (C=O) groups is 2. The molecule has 2 aromatic rings. The van der Waals surface area contributed by atoms with Crippen molar-refractivity contribution < 1.29 is 52.5 Å². The summed E-state index contributed by atoms with van der Waals surface area (Å²) in [7, 11) is -11.4. The zero-order chi connectivity index (χ0) is 33.3. The van der Waals surface area contributed by atoms with Crippen LogP contribution in [0.25, 0.3) is 10.9 Å². The van der Waals surface area contributed by atoms with E-state index in [0.29, 0.717) is 37.1 Å². The molecule has 3 atom stereocenters. The molecule has 1 aromatic heterocycles. The number of carbonyl (C=O) groups excluding carboxylic acids is 1. The topological polar surface area (TPSA) is 242 Å². The normalized spacial score (nSPS) is 22.6. The van der Waals surface area contributed by atoms with Gasteiger partial charge in [0.2, 0.25) is 5.43 Å². The molecule has 2 aliphatic carbocycles. The number of ether oxygens (including phenoxy) is 1. The zero-order valence-electron chi connectivity index (χ0n) is 24.1. The Labute approximate surface area is 260 Å². The molecule has 1 aliphatic heterocycles. The lowest BCUT2D eigenvalue weighted by Crippen LogP contribution is -2.46. The van der Waals surface area contributed by atoms with Crippen molar-refractivity contribution in [3.8, 4) is 0 Å². The predicted molar refractivity (Wildman–Crippen MR) is 160 cm³/mol. The number of alkyl halides is 1. The molecule has 5 rings (SSSR count). The lowest BCUT2D eigenvalue weighted by molar-refractivity contribution is 0.0694. The number of nitrogens with one attached hydrogen (secondary N) is 1. The van der Waals surface area contributed by atoms with E-state index in [9.17, 15) is 52.6 Å². The van der Waals surface area contributed by atoms with Crippen molar-refractivity contribution in [2.24, 2.45) is 11.1 Å². The van der Waals surface area contributed by atoms with Crippen molar-refractivity contribution in [3.05, 3.63) is 38.6 Å². The first kappa shape index (κ1) is 33.8. The highest BCUT2D eigenvalue weighted by Crippen LogP contribution is 2.71. The number of anilines is 1. The lowest BCUT2D eigenvalue weighted by Gasteiger charge is -2.34. The van der Waals surface area contributed by atoms with Crippen LogP contribution in [0.15, 0.2) is 17.1 Å². The van der Waals surface area contributed by atoms with E-state index in [0.717, 1.165) is 6.20 Å². The van der Waals surface area contributed by atoms with Gasteiger partial charge in [-0.2, -0.15) is 0 Å². The molecule has 1 spiro atoms. The SMILES string of the molecule is CCc1cc2c(=O)c(C(=O)O)cn(C3C[C@@H]3F)c2c(Cl)c1N1C[C@@H](NC(=O)OC(CCCN)(P(=O)(O)O)P(=O)(O)O)C2(CC2)C1. The van der Waals surface area contributed by atoms with Gasteiger partial charge in [0.05, 0.1) is 28.3 Å². The Kier molecular flexibility index (Phi) is 8.72. The summed E-state index contributed by atoms with van der Waals surface area (Å²) in [5, 5.41) is 8.87. The van der Waals surface area contributed by atoms with Crippen molar-refractivity contribution in [1.29, 1.82) is 0 Å². The molecule has 19 heteroatoms. The van der Waals surface area contributed by atoms with Crippen LogP contribution in [0.1, 0.15) is 61.0 Å². The van der Waals surface area contributed by atoms with E-state index >= 15 is 0 Å². The number of carboxylic acid groups (broad SMARTS) is 1. The van der Waals surface area contributed by atoms with Crippen molar-refractivity contribution in [2.45, 2.75) is 68.8 Å². The summed E-state index contributed by atoms with van der Waals surface area (Å²) in [6.45, 7) is 2.07. The molecular formula is C26H34ClFN4O11P2. The van der Waals surface area contributed by atoms with Crippen LogP contribution < -0.4 is 21.4 Å². The number of nitrogens with two attached hydrogens (primary N) is 1. The molecule has 1 unspecified atom stereocenters. The van der Waals surface area contributed by atoms with Gasteiger partial charge in [0.25, 0.3) is 0 Å². The van der Waals surface area contributed by atoms with E-state index < -0.39 is 73.4 Å². The van der Waals surface area contributed by atoms with Crippen LogP contribution >= 0.6 is 26.8 Å². The number of hydrogen-bond donors (Lipinski definition) is 7. The second-order valence-corrected chi connectivity index (χ2v) is 16.3. The number of aromatic nitrogens is 1. The van der Waals surface area contributed by atoms with Gasteiger partial charge in [-0.25, -0.2) is 14.0 Å². The van der Waals surface area contributed by atoms with Gasteiger partial charge in [-0.15, -0.1) is 0 Å². The molecule has 1 amide bonds. The number of alkyl carbamates (subject to hydrolysis) is 1. The Bertz CT molecular complexity index is 1700. The second kappa shape index (κ2) is 11.6. The number of benzene rings is 1. The van der Waals surface area contributed by atoms with Crippen molar-refractivity contribution in [1.82, 2.24) is 9.88 Å². The summed E-state index contributed by atoms with van der Waals surface area (Å²) in [6.07, 6.45) is -0.964. The van der Waals surface area contributed by atoms with Crippen molar-refractivity contribution in [3.63, 3.8) is 0 Å². The van der Waals surface area contributed by atoms with Crippen LogP contribution in [0.5, 0.6) is 0 Å². The third kappa shape index (κ3) is 5.80. The Morgan fingerprint density at radius 3 is 2.36 bits per heavy atom. The smallest absolute Gasteiger partial charge is 0.409 e. The maximum absolute atomic E-state index is 14.3. The highest BCUT2D eigenvalue weighted by atomic mass is 35.5. The third-order valence-corrected chi connectivity index (χ3v) is 13.4. The van der Waals surface area contributed by atoms with E-state index in [1.807, 2.05) is 4.90 Å². The van der Waals surface area contributed by atoms with Crippen molar-refractivity contribution in [2.75, 3.05) is 24.5 Å². The molecule has 3 fully saturated rings. The molecule has 8 N–H and O–H groups in total. The number of aryl methyl sites for hydroxylation is 1. The highest BCUT2D eigenvalue weighted by Gasteiger charge is 2.64. The Morgan fingerprint density at radius 1 is 1.24 bits per heavy atom. The second-order valence-electron chi connectivity index (χ2n) is 11.9. The quantitative estimate of drug-likeness (QED) is 0.168. The number of amides is 1. The summed E-state index contributed by atoms with van der Waals surface area (Å²) >= 11 is 6.97. The molecule has 45 heavy (non-hydrogen) atoms. The van der Waals surface area contributed by atoms with Gasteiger partial charge in [0, 0.05) is 42.9 Å². The Hall–Kier alpha value is -2.55. The molecule has 248 valence electrons. The molecule has 0 radical (unpaired) electrons. The minimum Gasteiger partial charge on any atom is -0.477 e. The van der Waals surface area contributed by atoms with E-state index in [4.69, 9.17) is 22.1 Å². The van der Waals surface area contributed by atoms with E-state index in [1.54, 1.807) is 6.92 Å². The number of carboxylic acids is 1. The standard InChI is InChI=1S/C26H34ClFN4O11P2/c1-2-13-8-14-21(32(17-9-16(17)28)10-15(22(14)33)23(34)35)19(27)20(13)31-11-18(25(12-31)5-6-25)30-24(36)43-26(4-3-7-29,44(37,38)39)45(40,41)42/h8,10,16-18H,2-7,9,11-12,29H2,1H3,(H,30,36)(H,34,35)(H2,37,38,39)(H2,40,41,42)/t16-,17?,18+/m0/s1. The molecule has 15 nitrogen and oxygen atoms in total. The predicted octanol–water partition coefficient (Wildman–Crippen LogP) is 2.64. The van der Waals surface area contributed by atoms with Gasteiger partial charge < -0.3 is 49.9 Å². The van der Waals surface area contributed by atoms with Gasteiger partial charge in [-0.3, -0.25) is 13.9 Å². The minimum absolute atomic E-state index is 0.0295. The molecular weight excluding hydrogens is 661 g/mol. The fraction of sp³-hybridized carbons (Fsp3) is 0.577. The largest absolute Gasteiger partial charge is 0.477 e. The monoisotopic (exact) mass is 694 g/mol. The Balaban J connectivity index is 1.51. The van der Waals surface area contributed by atoms with Gasteiger partial charge in [-0.1, -0.05) is 18.5 Å². The molecule has 2 saturated carbocycles. The van der Waals surface area contributed by atoms with Gasteiger partial charge in [0.1, 0.15) is 11.7 Å². The maximum Gasteiger partial charge on any atom is 0.409 e. The number of nitrogens with zero attached hydrogens (tertiary/aromatic N) is 2. The summed E-state index contributed by atoms with van der Waals surface area (Å²) < 4.78 is 45.2. The third-order valence-electron chi connectivity index (χ3n) is 8.98. The number of fused-ring (bicyclic) bond motifs is 1. The summed E-state index contributed by atoms with van der Waals surface area (Å²) in [6, 6.07) is 0.138. The van der Waals surface area contributed by atoms with Crippen LogP contribution in [0.3, 0.4) is 0 Å². The average molecular weight is 695 g/mol. The maximum atomic E-state index is 14.3. The van der Waals surface area contributed by atoms with Crippen LogP contribution in [-0.2, 0) is 20.3 Å². The number of aromatic carboxylic acids is 1. The Morgan fingerprint density at radius 2 is 1.87 bits per heavy atom. The van der Waals surface area contributed by atoms with Crippen molar-refractivity contribution >= 4 is 55.4 Å². The average Bonchev–Trinajstić information content (AvgIpc) is 3.84. The fourth-order valence-electron chi connectivity index (χ4n) is 6.27.